The highest BCUT2D eigenvalue weighted by atomic mass is 35.5. The predicted octanol–water partition coefficient (Wildman–Crippen LogP) is 4.29. The number of halogens is 1. The summed E-state index contributed by atoms with van der Waals surface area (Å²) in [7, 11) is 0. The summed E-state index contributed by atoms with van der Waals surface area (Å²) in [6.07, 6.45) is 3.86. The summed E-state index contributed by atoms with van der Waals surface area (Å²) in [5.74, 6) is 0. The van der Waals surface area contributed by atoms with Crippen LogP contribution in [0, 0.1) is 0 Å². The van der Waals surface area contributed by atoms with Gasteiger partial charge >= 0.3 is 0 Å². The van der Waals surface area contributed by atoms with Gasteiger partial charge in [0.05, 0.1) is 23.6 Å². The topological polar surface area (TPSA) is 38.1 Å². The molecule has 0 N–H and O–H groups in total. The Labute approximate surface area is 148 Å². The zero-order valence-corrected chi connectivity index (χ0v) is 14.5. The van der Waals surface area contributed by atoms with Gasteiger partial charge in [-0.25, -0.2) is 0 Å². The van der Waals surface area contributed by atoms with Crippen molar-refractivity contribution in [2.24, 2.45) is 0 Å². The van der Waals surface area contributed by atoms with Crippen molar-refractivity contribution in [3.05, 3.63) is 74.3 Å². The van der Waals surface area contributed by atoms with Gasteiger partial charge in [-0.05, 0) is 36.4 Å². The molecule has 3 heterocycles. The predicted molar refractivity (Wildman–Crippen MR) is 98.5 cm³/mol. The van der Waals surface area contributed by atoms with Crippen LogP contribution in [0.5, 0.6) is 0 Å². The van der Waals surface area contributed by atoms with Crippen molar-refractivity contribution in [2.75, 3.05) is 11.4 Å². The number of rotatable bonds is 3. The fourth-order valence-electron chi connectivity index (χ4n) is 3.21. The lowest BCUT2D eigenvalue weighted by atomic mass is 10.2. The third-order valence-electron chi connectivity index (χ3n) is 4.34. The third-order valence-corrected chi connectivity index (χ3v) is 5.66. The number of hydrogen-bond acceptors (Lipinski definition) is 4. The number of anilines is 1. The van der Waals surface area contributed by atoms with Crippen LogP contribution in [0.2, 0.25) is 5.02 Å². The second-order valence-corrected chi connectivity index (χ2v) is 7.12. The van der Waals surface area contributed by atoms with Crippen LogP contribution in [0.25, 0.3) is 5.69 Å². The molecule has 0 bridgehead atoms. The first-order valence-corrected chi connectivity index (χ1v) is 9.15. The zero-order chi connectivity index (χ0) is 16.5. The summed E-state index contributed by atoms with van der Waals surface area (Å²) in [5.41, 5.74) is 1.16. The Kier molecular flexibility index (Phi) is 4.12. The Morgan fingerprint density at radius 3 is 2.75 bits per heavy atom. The number of para-hydroxylation sites is 1. The molecular formula is C18H16ClN3OS. The highest BCUT2D eigenvalue weighted by Gasteiger charge is 2.29. The molecule has 1 aromatic carbocycles. The summed E-state index contributed by atoms with van der Waals surface area (Å²) < 4.78 is 1.35. The molecule has 122 valence electrons. The lowest BCUT2D eigenvalue weighted by molar-refractivity contribution is 0.722. The van der Waals surface area contributed by atoms with E-state index in [9.17, 15) is 4.79 Å². The Balaban J connectivity index is 1.75. The minimum Gasteiger partial charge on any atom is -0.361 e. The van der Waals surface area contributed by atoms with Crippen molar-refractivity contribution in [3.63, 3.8) is 0 Å². The van der Waals surface area contributed by atoms with Crippen molar-refractivity contribution in [3.8, 4) is 5.69 Å². The summed E-state index contributed by atoms with van der Waals surface area (Å²) in [6, 6.07) is 13.8. The van der Waals surface area contributed by atoms with Crippen LogP contribution in [-0.2, 0) is 0 Å². The number of benzene rings is 1. The highest BCUT2D eigenvalue weighted by molar-refractivity contribution is 7.10. The highest BCUT2D eigenvalue weighted by Crippen LogP contribution is 2.39. The van der Waals surface area contributed by atoms with Gasteiger partial charge in [-0.15, -0.1) is 11.3 Å². The summed E-state index contributed by atoms with van der Waals surface area (Å²) in [4.78, 5) is 16.2. The fourth-order valence-corrected chi connectivity index (χ4v) is 4.32. The van der Waals surface area contributed by atoms with Gasteiger partial charge in [-0.3, -0.25) is 4.79 Å². The molecule has 0 spiro atoms. The first-order valence-electron chi connectivity index (χ1n) is 7.89. The zero-order valence-electron chi connectivity index (χ0n) is 12.9. The maximum atomic E-state index is 12.7. The van der Waals surface area contributed by atoms with E-state index in [-0.39, 0.29) is 16.6 Å². The van der Waals surface area contributed by atoms with Gasteiger partial charge in [0.1, 0.15) is 5.02 Å². The summed E-state index contributed by atoms with van der Waals surface area (Å²) in [6.45, 7) is 0.888. The van der Waals surface area contributed by atoms with Gasteiger partial charge < -0.3 is 4.90 Å². The Bertz CT molecular complexity index is 892. The Hall–Kier alpha value is -2.11. The van der Waals surface area contributed by atoms with Crippen molar-refractivity contribution >= 4 is 28.6 Å². The van der Waals surface area contributed by atoms with E-state index in [1.54, 1.807) is 17.5 Å². The minimum atomic E-state index is -0.280. The average Bonchev–Trinajstić information content (AvgIpc) is 3.29. The molecule has 4 nitrogen and oxygen atoms in total. The van der Waals surface area contributed by atoms with Gasteiger partial charge in [0.2, 0.25) is 0 Å². The Morgan fingerprint density at radius 2 is 2.00 bits per heavy atom. The van der Waals surface area contributed by atoms with Crippen molar-refractivity contribution in [2.45, 2.75) is 18.9 Å². The maximum absolute atomic E-state index is 12.7. The molecule has 2 aromatic heterocycles. The van der Waals surface area contributed by atoms with Crippen LogP contribution in [-0.4, -0.2) is 16.3 Å². The molecule has 1 fully saturated rings. The largest absolute Gasteiger partial charge is 0.361 e. The summed E-state index contributed by atoms with van der Waals surface area (Å²) in [5, 5.41) is 6.67. The molecular weight excluding hydrogens is 342 g/mol. The van der Waals surface area contributed by atoms with Crippen molar-refractivity contribution < 1.29 is 0 Å². The average molecular weight is 358 g/mol. The standard InChI is InChI=1S/C18H16ClN3OS/c19-17-15(21-10-4-8-14(21)16-9-5-11-24-16)12-20-22(18(17)23)13-6-2-1-3-7-13/h1-3,5-7,9,11-12,14H,4,8,10H2. The van der Waals surface area contributed by atoms with E-state index >= 15 is 0 Å². The minimum absolute atomic E-state index is 0.234. The van der Waals surface area contributed by atoms with E-state index in [1.165, 1.54) is 9.56 Å². The van der Waals surface area contributed by atoms with Crippen LogP contribution in [0.3, 0.4) is 0 Å². The number of thiophene rings is 1. The molecule has 6 heteroatoms. The molecule has 0 aliphatic carbocycles. The second kappa shape index (κ2) is 6.42. The molecule has 24 heavy (non-hydrogen) atoms. The third kappa shape index (κ3) is 2.64. The van der Waals surface area contributed by atoms with Gasteiger partial charge in [-0.2, -0.15) is 9.78 Å². The molecule has 0 saturated carbocycles. The monoisotopic (exact) mass is 357 g/mol. The molecule has 1 unspecified atom stereocenters. The number of hydrogen-bond donors (Lipinski definition) is 0. The quantitative estimate of drug-likeness (QED) is 0.701. The first-order chi connectivity index (χ1) is 11.8. The molecule has 1 saturated heterocycles. The lowest BCUT2D eigenvalue weighted by Gasteiger charge is -2.26. The van der Waals surface area contributed by atoms with Crippen LogP contribution >= 0.6 is 22.9 Å². The van der Waals surface area contributed by atoms with Gasteiger partial charge in [0.25, 0.3) is 5.56 Å². The van der Waals surface area contributed by atoms with E-state index in [2.05, 4.69) is 27.5 Å². The number of nitrogens with zero attached hydrogens (tertiary/aromatic N) is 3. The molecule has 3 aromatic rings. The van der Waals surface area contributed by atoms with Crippen molar-refractivity contribution in [1.29, 1.82) is 0 Å². The van der Waals surface area contributed by atoms with Crippen LogP contribution in [0.4, 0.5) is 5.69 Å². The maximum Gasteiger partial charge on any atom is 0.292 e. The smallest absolute Gasteiger partial charge is 0.292 e. The van der Waals surface area contributed by atoms with Gasteiger partial charge in [0, 0.05) is 11.4 Å². The second-order valence-electron chi connectivity index (χ2n) is 5.76. The fraction of sp³-hybridized carbons (Fsp3) is 0.222. The van der Waals surface area contributed by atoms with Gasteiger partial charge in [0.15, 0.2) is 0 Å². The Morgan fingerprint density at radius 1 is 1.17 bits per heavy atom. The van der Waals surface area contributed by atoms with Crippen LogP contribution in [0.15, 0.2) is 58.8 Å². The van der Waals surface area contributed by atoms with Crippen LogP contribution in [0.1, 0.15) is 23.8 Å². The van der Waals surface area contributed by atoms with E-state index in [4.69, 9.17) is 11.6 Å². The number of aromatic nitrogens is 2. The molecule has 1 atom stereocenters. The first kappa shape index (κ1) is 15.4. The van der Waals surface area contributed by atoms with Gasteiger partial charge in [-0.1, -0.05) is 35.9 Å². The van der Waals surface area contributed by atoms with E-state index in [0.29, 0.717) is 5.69 Å². The van der Waals surface area contributed by atoms with E-state index < -0.39 is 0 Å². The summed E-state index contributed by atoms with van der Waals surface area (Å²) >= 11 is 8.18. The van der Waals surface area contributed by atoms with Crippen LogP contribution < -0.4 is 10.5 Å². The molecule has 4 rings (SSSR count). The van der Waals surface area contributed by atoms with Crippen molar-refractivity contribution in [1.82, 2.24) is 9.78 Å². The van der Waals surface area contributed by atoms with E-state index in [0.717, 1.165) is 25.1 Å². The molecule has 0 amide bonds. The molecule has 0 radical (unpaired) electrons. The normalized spacial score (nSPS) is 17.4. The van der Waals surface area contributed by atoms with E-state index in [1.807, 2.05) is 30.3 Å². The molecule has 1 aliphatic heterocycles. The SMILES string of the molecule is O=c1c(Cl)c(N2CCCC2c2cccs2)cnn1-c1ccccc1. The lowest BCUT2D eigenvalue weighted by Crippen LogP contribution is -2.28. The molecule has 1 aliphatic rings.